The first-order valence-electron chi connectivity index (χ1n) is 6.75. The van der Waals surface area contributed by atoms with Gasteiger partial charge in [-0.25, -0.2) is 0 Å². The van der Waals surface area contributed by atoms with E-state index in [0.717, 1.165) is 16.7 Å². The van der Waals surface area contributed by atoms with Crippen LogP contribution in [0.15, 0.2) is 48.5 Å². The minimum atomic E-state index is -0.0893. The van der Waals surface area contributed by atoms with E-state index in [-0.39, 0.29) is 11.9 Å². The highest BCUT2D eigenvalue weighted by atomic mass is 16.1. The zero-order valence-electron chi connectivity index (χ0n) is 11.9. The van der Waals surface area contributed by atoms with E-state index in [1.54, 1.807) is 0 Å². The van der Waals surface area contributed by atoms with Crippen LogP contribution in [0, 0.1) is 6.92 Å². The Morgan fingerprint density at radius 1 is 1.20 bits per heavy atom. The SMILES string of the molecule is Cc1cccc(CC(=O)NC(C)c2ccccc2N)c1. The van der Waals surface area contributed by atoms with Gasteiger partial charge >= 0.3 is 0 Å². The highest BCUT2D eigenvalue weighted by Crippen LogP contribution is 2.19. The van der Waals surface area contributed by atoms with Crippen molar-refractivity contribution in [2.75, 3.05) is 5.73 Å². The van der Waals surface area contributed by atoms with Crippen LogP contribution in [0.1, 0.15) is 29.7 Å². The Bertz CT molecular complexity index is 607. The molecule has 1 amide bonds. The predicted octanol–water partition coefficient (Wildman–Crippen LogP) is 3.00. The summed E-state index contributed by atoms with van der Waals surface area (Å²) >= 11 is 0. The largest absolute Gasteiger partial charge is 0.398 e. The van der Waals surface area contributed by atoms with E-state index in [1.807, 2.05) is 62.4 Å². The predicted molar refractivity (Wildman–Crippen MR) is 82.3 cm³/mol. The number of hydrogen-bond donors (Lipinski definition) is 2. The highest BCUT2D eigenvalue weighted by molar-refractivity contribution is 5.79. The summed E-state index contributed by atoms with van der Waals surface area (Å²) < 4.78 is 0. The molecule has 1 atom stereocenters. The third-order valence-corrected chi connectivity index (χ3v) is 3.29. The van der Waals surface area contributed by atoms with Crippen LogP contribution in [-0.2, 0) is 11.2 Å². The van der Waals surface area contributed by atoms with E-state index in [0.29, 0.717) is 12.1 Å². The van der Waals surface area contributed by atoms with Crippen LogP contribution in [0.3, 0.4) is 0 Å². The van der Waals surface area contributed by atoms with Gasteiger partial charge in [-0.3, -0.25) is 4.79 Å². The molecule has 0 heterocycles. The normalized spacial score (nSPS) is 11.9. The van der Waals surface area contributed by atoms with E-state index >= 15 is 0 Å². The molecule has 0 aliphatic carbocycles. The first-order valence-corrected chi connectivity index (χ1v) is 6.75. The lowest BCUT2D eigenvalue weighted by Gasteiger charge is -2.16. The van der Waals surface area contributed by atoms with Crippen LogP contribution in [-0.4, -0.2) is 5.91 Å². The molecule has 0 fully saturated rings. The average Bonchev–Trinajstić information content (AvgIpc) is 2.38. The molecule has 0 aliphatic rings. The molecule has 104 valence electrons. The van der Waals surface area contributed by atoms with Gasteiger partial charge in [0.25, 0.3) is 0 Å². The summed E-state index contributed by atoms with van der Waals surface area (Å²) in [5.74, 6) is 0.00588. The molecule has 1 unspecified atom stereocenters. The van der Waals surface area contributed by atoms with Gasteiger partial charge in [-0.15, -0.1) is 0 Å². The standard InChI is InChI=1S/C17H20N2O/c1-12-6-5-7-14(10-12)11-17(20)19-13(2)15-8-3-4-9-16(15)18/h3-10,13H,11,18H2,1-2H3,(H,19,20). The summed E-state index contributed by atoms with van der Waals surface area (Å²) in [6.45, 7) is 3.97. The fourth-order valence-electron chi connectivity index (χ4n) is 2.28. The van der Waals surface area contributed by atoms with Crippen LogP contribution in [0.2, 0.25) is 0 Å². The van der Waals surface area contributed by atoms with Crippen LogP contribution in [0.4, 0.5) is 5.69 Å². The molecule has 2 aromatic carbocycles. The molecule has 3 N–H and O–H groups in total. The van der Waals surface area contributed by atoms with Crippen molar-refractivity contribution < 1.29 is 4.79 Å². The average molecular weight is 268 g/mol. The second kappa shape index (κ2) is 6.24. The third-order valence-electron chi connectivity index (χ3n) is 3.29. The number of nitrogen functional groups attached to an aromatic ring is 1. The number of amides is 1. The fourth-order valence-corrected chi connectivity index (χ4v) is 2.28. The Labute approximate surface area is 119 Å². The van der Waals surface area contributed by atoms with Crippen LogP contribution >= 0.6 is 0 Å². The van der Waals surface area contributed by atoms with Gasteiger partial charge in [-0.2, -0.15) is 0 Å². The van der Waals surface area contributed by atoms with Crippen LogP contribution < -0.4 is 11.1 Å². The number of para-hydroxylation sites is 1. The smallest absolute Gasteiger partial charge is 0.224 e. The number of hydrogen-bond acceptors (Lipinski definition) is 2. The summed E-state index contributed by atoms with van der Waals surface area (Å²) in [5, 5.41) is 2.99. The molecule has 0 saturated carbocycles. The molecule has 0 saturated heterocycles. The molecular weight excluding hydrogens is 248 g/mol. The van der Waals surface area contributed by atoms with Crippen molar-refractivity contribution in [3.8, 4) is 0 Å². The maximum absolute atomic E-state index is 12.1. The Morgan fingerprint density at radius 3 is 2.65 bits per heavy atom. The van der Waals surface area contributed by atoms with Crippen molar-refractivity contribution in [3.05, 3.63) is 65.2 Å². The van der Waals surface area contributed by atoms with Gasteiger partial charge in [0.05, 0.1) is 12.5 Å². The van der Waals surface area contributed by atoms with Gasteiger partial charge < -0.3 is 11.1 Å². The van der Waals surface area contributed by atoms with Gasteiger partial charge in [0, 0.05) is 5.69 Å². The Balaban J connectivity index is 2.00. The van der Waals surface area contributed by atoms with Gasteiger partial charge in [-0.05, 0) is 31.0 Å². The number of anilines is 1. The quantitative estimate of drug-likeness (QED) is 0.837. The maximum Gasteiger partial charge on any atom is 0.224 e. The number of carbonyl (C=O) groups excluding carboxylic acids is 1. The molecular formula is C17H20N2O. The molecule has 20 heavy (non-hydrogen) atoms. The van der Waals surface area contributed by atoms with Crippen LogP contribution in [0.5, 0.6) is 0 Å². The third kappa shape index (κ3) is 3.60. The van der Waals surface area contributed by atoms with Crippen molar-refractivity contribution in [3.63, 3.8) is 0 Å². The van der Waals surface area contributed by atoms with E-state index in [4.69, 9.17) is 5.73 Å². The summed E-state index contributed by atoms with van der Waals surface area (Å²) in [4.78, 5) is 12.1. The minimum absolute atomic E-state index is 0.00588. The van der Waals surface area contributed by atoms with Gasteiger partial charge in [0.2, 0.25) is 5.91 Å². The Kier molecular flexibility index (Phi) is 4.41. The molecule has 0 radical (unpaired) electrons. The second-order valence-corrected chi connectivity index (χ2v) is 5.08. The number of nitrogens with one attached hydrogen (secondary N) is 1. The summed E-state index contributed by atoms with van der Waals surface area (Å²) in [6, 6.07) is 15.5. The maximum atomic E-state index is 12.1. The second-order valence-electron chi connectivity index (χ2n) is 5.08. The first-order chi connectivity index (χ1) is 9.56. The van der Waals surface area contributed by atoms with E-state index < -0.39 is 0 Å². The summed E-state index contributed by atoms with van der Waals surface area (Å²) in [7, 11) is 0. The first kappa shape index (κ1) is 14.1. The van der Waals surface area contributed by atoms with Crippen LogP contribution in [0.25, 0.3) is 0 Å². The van der Waals surface area contributed by atoms with Gasteiger partial charge in [0.15, 0.2) is 0 Å². The molecule has 2 aromatic rings. The number of aryl methyl sites for hydroxylation is 1. The van der Waals surface area contributed by atoms with Crippen molar-refractivity contribution in [1.29, 1.82) is 0 Å². The van der Waals surface area contributed by atoms with Gasteiger partial charge in [0.1, 0.15) is 0 Å². The number of rotatable bonds is 4. The summed E-state index contributed by atoms with van der Waals surface area (Å²) in [6.07, 6.45) is 0.388. The number of carbonyl (C=O) groups is 1. The zero-order chi connectivity index (χ0) is 14.5. The van der Waals surface area contributed by atoms with Crippen molar-refractivity contribution in [1.82, 2.24) is 5.32 Å². The molecule has 3 heteroatoms. The summed E-state index contributed by atoms with van der Waals surface area (Å²) in [5.41, 5.74) is 9.76. The molecule has 0 spiro atoms. The molecule has 0 aliphatic heterocycles. The molecule has 3 nitrogen and oxygen atoms in total. The van der Waals surface area contributed by atoms with E-state index in [2.05, 4.69) is 5.32 Å². The molecule has 2 rings (SSSR count). The lowest BCUT2D eigenvalue weighted by molar-refractivity contribution is -0.121. The van der Waals surface area contributed by atoms with Crippen molar-refractivity contribution in [2.24, 2.45) is 0 Å². The zero-order valence-corrected chi connectivity index (χ0v) is 11.9. The molecule has 0 aromatic heterocycles. The fraction of sp³-hybridized carbons (Fsp3) is 0.235. The topological polar surface area (TPSA) is 55.1 Å². The number of benzene rings is 2. The lowest BCUT2D eigenvalue weighted by Crippen LogP contribution is -2.28. The van der Waals surface area contributed by atoms with Gasteiger partial charge in [-0.1, -0.05) is 48.0 Å². The Hall–Kier alpha value is -2.29. The highest BCUT2D eigenvalue weighted by Gasteiger charge is 2.12. The monoisotopic (exact) mass is 268 g/mol. The van der Waals surface area contributed by atoms with E-state index in [9.17, 15) is 4.79 Å². The van der Waals surface area contributed by atoms with E-state index in [1.165, 1.54) is 0 Å². The number of nitrogens with two attached hydrogens (primary N) is 1. The molecule has 0 bridgehead atoms. The van der Waals surface area contributed by atoms with Crippen molar-refractivity contribution >= 4 is 11.6 Å². The van der Waals surface area contributed by atoms with Crippen molar-refractivity contribution in [2.45, 2.75) is 26.3 Å². The Morgan fingerprint density at radius 2 is 1.95 bits per heavy atom. The lowest BCUT2D eigenvalue weighted by atomic mass is 10.1. The minimum Gasteiger partial charge on any atom is -0.398 e.